The lowest BCUT2D eigenvalue weighted by Crippen LogP contribution is -2.42. The number of nitrogens with one attached hydrogen (secondary N) is 1. The highest BCUT2D eigenvalue weighted by Crippen LogP contribution is 2.44. The van der Waals surface area contributed by atoms with Gasteiger partial charge in [-0.1, -0.05) is 18.5 Å². The second-order valence-electron chi connectivity index (χ2n) is 4.83. The first kappa shape index (κ1) is 14.8. The van der Waals surface area contributed by atoms with Crippen molar-refractivity contribution in [1.82, 2.24) is 5.32 Å². The van der Waals surface area contributed by atoms with Crippen molar-refractivity contribution in [3.05, 3.63) is 19.8 Å². The molecule has 2 nitrogen and oxygen atoms in total. The van der Waals surface area contributed by atoms with Gasteiger partial charge in [0.05, 0.1) is 14.4 Å². The molecule has 102 valence electrons. The molecule has 1 aliphatic rings. The minimum Gasteiger partial charge on any atom is -0.378 e. The number of methoxy groups -OCH3 is 1. The fraction of sp³-hybridized carbons (Fsp3) is 0.692. The van der Waals surface area contributed by atoms with E-state index in [1.807, 2.05) is 7.11 Å². The van der Waals surface area contributed by atoms with Crippen LogP contribution in [0.1, 0.15) is 43.5 Å². The summed E-state index contributed by atoms with van der Waals surface area (Å²) in [4.78, 5) is 1.29. The van der Waals surface area contributed by atoms with Crippen LogP contribution in [0.4, 0.5) is 0 Å². The first-order valence-corrected chi connectivity index (χ1v) is 8.32. The van der Waals surface area contributed by atoms with Crippen LogP contribution in [0.3, 0.4) is 0 Å². The molecule has 1 saturated carbocycles. The number of ether oxygens (including phenoxy) is 1. The second kappa shape index (κ2) is 6.23. The molecule has 0 aliphatic heterocycles. The van der Waals surface area contributed by atoms with Gasteiger partial charge in [0.25, 0.3) is 0 Å². The topological polar surface area (TPSA) is 21.3 Å². The molecule has 0 aromatic carbocycles. The van der Waals surface area contributed by atoms with E-state index in [1.165, 1.54) is 24.1 Å². The minimum atomic E-state index is 0.0791. The average molecular weight is 353 g/mol. The van der Waals surface area contributed by atoms with E-state index in [1.54, 1.807) is 11.3 Å². The molecule has 5 heteroatoms. The van der Waals surface area contributed by atoms with Gasteiger partial charge in [-0.3, -0.25) is 0 Å². The molecule has 0 spiro atoms. The van der Waals surface area contributed by atoms with E-state index in [9.17, 15) is 0 Å². The Labute approximate surface area is 126 Å². The predicted molar refractivity (Wildman–Crippen MR) is 81.7 cm³/mol. The van der Waals surface area contributed by atoms with Gasteiger partial charge < -0.3 is 10.1 Å². The molecule has 1 fully saturated rings. The lowest BCUT2D eigenvalue weighted by atomic mass is 9.75. The van der Waals surface area contributed by atoms with Gasteiger partial charge in [0, 0.05) is 18.0 Å². The molecule has 1 aliphatic carbocycles. The zero-order valence-electron chi connectivity index (χ0n) is 10.8. The molecule has 1 aromatic rings. The lowest BCUT2D eigenvalue weighted by Gasteiger charge is -2.42. The quantitative estimate of drug-likeness (QED) is 0.796. The summed E-state index contributed by atoms with van der Waals surface area (Å²) < 4.78 is 6.74. The Morgan fingerprint density at radius 3 is 2.72 bits per heavy atom. The minimum absolute atomic E-state index is 0.0791. The fourth-order valence-electron chi connectivity index (χ4n) is 2.49. The van der Waals surface area contributed by atoms with Crippen LogP contribution in [0.5, 0.6) is 0 Å². The Morgan fingerprint density at radius 1 is 1.61 bits per heavy atom. The highest BCUT2D eigenvalue weighted by Gasteiger charge is 2.39. The predicted octanol–water partition coefficient (Wildman–Crippen LogP) is 4.77. The summed E-state index contributed by atoms with van der Waals surface area (Å²) in [6.45, 7) is 3.09. The van der Waals surface area contributed by atoms with Crippen molar-refractivity contribution in [1.29, 1.82) is 0 Å². The maximum absolute atomic E-state index is 6.13. The summed E-state index contributed by atoms with van der Waals surface area (Å²) in [5, 5.41) is 4.35. The summed E-state index contributed by atoms with van der Waals surface area (Å²) in [7, 11) is 1.83. The van der Waals surface area contributed by atoms with E-state index in [4.69, 9.17) is 16.3 Å². The molecule has 0 amide bonds. The van der Waals surface area contributed by atoms with E-state index < -0.39 is 0 Å². The van der Waals surface area contributed by atoms with Crippen LogP contribution in [0, 0.1) is 0 Å². The monoisotopic (exact) mass is 351 g/mol. The van der Waals surface area contributed by atoms with Crippen LogP contribution in [0.25, 0.3) is 0 Å². The third-order valence-electron chi connectivity index (χ3n) is 3.73. The molecule has 1 N–H and O–H groups in total. The molecule has 18 heavy (non-hydrogen) atoms. The summed E-state index contributed by atoms with van der Waals surface area (Å²) in [5.41, 5.74) is 0.0791. The van der Waals surface area contributed by atoms with Gasteiger partial charge in [-0.05, 0) is 54.2 Å². The van der Waals surface area contributed by atoms with E-state index in [0.29, 0.717) is 6.04 Å². The van der Waals surface area contributed by atoms with E-state index in [-0.39, 0.29) is 5.60 Å². The molecule has 1 aromatic heterocycles. The third kappa shape index (κ3) is 3.10. The van der Waals surface area contributed by atoms with Crippen LogP contribution < -0.4 is 5.32 Å². The summed E-state index contributed by atoms with van der Waals surface area (Å²) in [6.07, 6.45) is 4.65. The van der Waals surface area contributed by atoms with Crippen molar-refractivity contribution < 1.29 is 4.74 Å². The van der Waals surface area contributed by atoms with Crippen molar-refractivity contribution in [2.24, 2.45) is 0 Å². The Bertz CT molecular complexity index is 381. The fourth-order valence-corrected chi connectivity index (χ4v) is 4.31. The van der Waals surface area contributed by atoms with Crippen molar-refractivity contribution in [3.8, 4) is 0 Å². The molecule has 0 saturated heterocycles. The Morgan fingerprint density at radius 2 is 2.33 bits per heavy atom. The SMILES string of the molecule is CCNC(CC1(OC)CCC1)c1cc(Cl)c(Br)s1. The molecule has 1 unspecified atom stereocenters. The van der Waals surface area contributed by atoms with Crippen LogP contribution in [0.2, 0.25) is 5.02 Å². The number of hydrogen-bond acceptors (Lipinski definition) is 3. The highest BCUT2D eigenvalue weighted by molar-refractivity contribution is 9.11. The van der Waals surface area contributed by atoms with Gasteiger partial charge >= 0.3 is 0 Å². The van der Waals surface area contributed by atoms with Gasteiger partial charge in [-0.15, -0.1) is 11.3 Å². The highest BCUT2D eigenvalue weighted by atomic mass is 79.9. The Balaban J connectivity index is 2.12. The summed E-state index contributed by atoms with van der Waals surface area (Å²) in [5.74, 6) is 0. The largest absolute Gasteiger partial charge is 0.378 e. The van der Waals surface area contributed by atoms with Crippen molar-refractivity contribution in [2.75, 3.05) is 13.7 Å². The van der Waals surface area contributed by atoms with Crippen molar-refractivity contribution >= 4 is 38.9 Å². The number of thiophene rings is 1. The van der Waals surface area contributed by atoms with Crippen LogP contribution in [-0.2, 0) is 4.74 Å². The number of hydrogen-bond donors (Lipinski definition) is 1. The molecule has 0 bridgehead atoms. The lowest BCUT2D eigenvalue weighted by molar-refractivity contribution is -0.0835. The van der Waals surface area contributed by atoms with Gasteiger partial charge in [0.2, 0.25) is 0 Å². The third-order valence-corrected chi connectivity index (χ3v) is 6.32. The van der Waals surface area contributed by atoms with Crippen LogP contribution in [-0.4, -0.2) is 19.3 Å². The normalized spacial score (nSPS) is 19.6. The van der Waals surface area contributed by atoms with E-state index >= 15 is 0 Å². The van der Waals surface area contributed by atoms with Crippen molar-refractivity contribution in [3.63, 3.8) is 0 Å². The first-order chi connectivity index (χ1) is 8.60. The maximum Gasteiger partial charge on any atom is 0.0887 e. The standard InChI is InChI=1S/C13H19BrClNOS/c1-3-16-10(8-13(17-2)5-4-6-13)11-7-9(15)12(14)18-11/h7,10,16H,3-6,8H2,1-2H3. The number of halogens is 2. The van der Waals surface area contributed by atoms with Gasteiger partial charge in [-0.25, -0.2) is 0 Å². The smallest absolute Gasteiger partial charge is 0.0887 e. The molecule has 1 heterocycles. The van der Waals surface area contributed by atoms with Gasteiger partial charge in [0.15, 0.2) is 0 Å². The molecule has 1 atom stereocenters. The molecule has 0 radical (unpaired) electrons. The first-order valence-electron chi connectivity index (χ1n) is 6.33. The van der Waals surface area contributed by atoms with Gasteiger partial charge in [-0.2, -0.15) is 0 Å². The summed E-state index contributed by atoms with van der Waals surface area (Å²) >= 11 is 11.3. The zero-order chi connectivity index (χ0) is 13.2. The van der Waals surface area contributed by atoms with E-state index in [0.717, 1.165) is 21.8 Å². The van der Waals surface area contributed by atoms with Gasteiger partial charge in [0.1, 0.15) is 0 Å². The number of rotatable bonds is 6. The molecular formula is C13H19BrClNOS. The molecular weight excluding hydrogens is 334 g/mol. The Kier molecular flexibility index (Phi) is 5.12. The van der Waals surface area contributed by atoms with Crippen molar-refractivity contribution in [2.45, 2.75) is 44.2 Å². The average Bonchev–Trinajstić information content (AvgIpc) is 2.63. The maximum atomic E-state index is 6.13. The molecule has 2 rings (SSSR count). The zero-order valence-corrected chi connectivity index (χ0v) is 13.9. The summed E-state index contributed by atoms with van der Waals surface area (Å²) in [6, 6.07) is 2.40. The van der Waals surface area contributed by atoms with E-state index in [2.05, 4.69) is 34.2 Å². The van der Waals surface area contributed by atoms with Crippen LogP contribution >= 0.6 is 38.9 Å². The second-order valence-corrected chi connectivity index (χ2v) is 7.63. The van der Waals surface area contributed by atoms with Crippen LogP contribution in [0.15, 0.2) is 9.85 Å². The Hall–Kier alpha value is 0.390.